The summed E-state index contributed by atoms with van der Waals surface area (Å²) in [7, 11) is 3.03. The lowest BCUT2D eigenvalue weighted by Crippen LogP contribution is -2.49. The highest BCUT2D eigenvalue weighted by atomic mass is 16.6. The zero-order chi connectivity index (χ0) is 24.3. The summed E-state index contributed by atoms with van der Waals surface area (Å²) in [5.74, 6) is 0.567. The Morgan fingerprint density at radius 1 is 1.18 bits per heavy atom. The second kappa shape index (κ2) is 9.49. The van der Waals surface area contributed by atoms with Crippen molar-refractivity contribution in [3.05, 3.63) is 48.0 Å². The van der Waals surface area contributed by atoms with E-state index in [0.717, 1.165) is 6.08 Å². The summed E-state index contributed by atoms with van der Waals surface area (Å²) in [6.07, 6.45) is 3.11. The van der Waals surface area contributed by atoms with E-state index in [0.29, 0.717) is 47.5 Å². The number of para-hydroxylation sites is 1. The number of methoxy groups -OCH3 is 2. The molecule has 1 aromatic carbocycles. The summed E-state index contributed by atoms with van der Waals surface area (Å²) in [5.41, 5.74) is -1.38. The standard InChI is InChI=1S/C23H24N4O7/c1-14-8-9-17(33-14)21-26-25-18(27(21)20-15(31-2)6-4-7-16(20)32-3)10-11-19(28)34-22(29)23(30)12-5-13-24-23/h4,6-11,24,30H,5,12-13H2,1-3H3/b11-10+/t23-/m1/s1. The van der Waals surface area contributed by atoms with Gasteiger partial charge in [-0.05, 0) is 50.2 Å². The van der Waals surface area contributed by atoms with Gasteiger partial charge in [-0.3, -0.25) is 9.88 Å². The molecule has 0 aliphatic carbocycles. The molecule has 178 valence electrons. The van der Waals surface area contributed by atoms with Crippen molar-refractivity contribution < 1.29 is 33.3 Å². The number of rotatable bonds is 7. The molecule has 1 saturated heterocycles. The first kappa shape index (κ1) is 23.2. The van der Waals surface area contributed by atoms with Crippen molar-refractivity contribution in [2.75, 3.05) is 20.8 Å². The molecule has 1 aliphatic heterocycles. The highest BCUT2D eigenvalue weighted by molar-refractivity contribution is 5.97. The Bertz CT molecular complexity index is 1220. The van der Waals surface area contributed by atoms with Crippen molar-refractivity contribution in [3.8, 4) is 28.8 Å². The van der Waals surface area contributed by atoms with Gasteiger partial charge < -0.3 is 23.7 Å². The topological polar surface area (TPSA) is 138 Å². The van der Waals surface area contributed by atoms with Crippen molar-refractivity contribution in [2.45, 2.75) is 25.5 Å². The zero-order valence-corrected chi connectivity index (χ0v) is 18.9. The highest BCUT2D eigenvalue weighted by Crippen LogP contribution is 2.36. The minimum atomic E-state index is -1.86. The third kappa shape index (κ3) is 4.43. The number of esters is 2. The van der Waals surface area contributed by atoms with E-state index >= 15 is 0 Å². The fraction of sp³-hybridized carbons (Fsp3) is 0.304. The molecule has 2 aromatic heterocycles. The molecular weight excluding hydrogens is 444 g/mol. The quantitative estimate of drug-likeness (QED) is 0.301. The molecule has 1 fully saturated rings. The predicted molar refractivity (Wildman–Crippen MR) is 119 cm³/mol. The molecule has 11 nitrogen and oxygen atoms in total. The van der Waals surface area contributed by atoms with Crippen LogP contribution >= 0.6 is 0 Å². The molecule has 3 aromatic rings. The van der Waals surface area contributed by atoms with Gasteiger partial charge in [-0.2, -0.15) is 0 Å². The molecule has 0 saturated carbocycles. The van der Waals surface area contributed by atoms with E-state index in [1.165, 1.54) is 20.3 Å². The fourth-order valence-corrected chi connectivity index (χ4v) is 3.65. The molecule has 0 radical (unpaired) electrons. The molecule has 0 bridgehead atoms. The molecule has 3 heterocycles. The van der Waals surface area contributed by atoms with Crippen LogP contribution in [-0.4, -0.2) is 58.3 Å². The van der Waals surface area contributed by atoms with Crippen LogP contribution in [-0.2, 0) is 14.3 Å². The maximum atomic E-state index is 12.3. The minimum Gasteiger partial charge on any atom is -0.494 e. The van der Waals surface area contributed by atoms with Gasteiger partial charge >= 0.3 is 11.9 Å². The zero-order valence-electron chi connectivity index (χ0n) is 18.9. The number of benzene rings is 1. The van der Waals surface area contributed by atoms with Gasteiger partial charge in [0.2, 0.25) is 11.5 Å². The molecule has 34 heavy (non-hydrogen) atoms. The number of furan rings is 1. The third-order valence-electron chi connectivity index (χ3n) is 5.31. The second-order valence-electron chi connectivity index (χ2n) is 7.57. The predicted octanol–water partition coefficient (Wildman–Crippen LogP) is 2.01. The van der Waals surface area contributed by atoms with Crippen LogP contribution in [0.3, 0.4) is 0 Å². The number of nitrogens with zero attached hydrogens (tertiary/aromatic N) is 3. The minimum absolute atomic E-state index is 0.163. The number of nitrogens with one attached hydrogen (secondary N) is 1. The van der Waals surface area contributed by atoms with Crippen LogP contribution in [0.2, 0.25) is 0 Å². The molecule has 0 spiro atoms. The lowest BCUT2D eigenvalue weighted by molar-refractivity contribution is -0.173. The van der Waals surface area contributed by atoms with Gasteiger partial charge in [0.1, 0.15) is 22.9 Å². The Kier molecular flexibility index (Phi) is 6.48. The van der Waals surface area contributed by atoms with Crippen LogP contribution in [0.15, 0.2) is 40.8 Å². The Labute approximate surface area is 194 Å². The summed E-state index contributed by atoms with van der Waals surface area (Å²) in [6.45, 7) is 2.25. The van der Waals surface area contributed by atoms with Crippen LogP contribution in [0.5, 0.6) is 11.5 Å². The van der Waals surface area contributed by atoms with E-state index in [1.54, 1.807) is 41.8 Å². The van der Waals surface area contributed by atoms with Gasteiger partial charge in [0.05, 0.1) is 14.2 Å². The summed E-state index contributed by atoms with van der Waals surface area (Å²) < 4.78 is 23.2. The van der Waals surface area contributed by atoms with E-state index in [-0.39, 0.29) is 12.2 Å². The fourth-order valence-electron chi connectivity index (χ4n) is 3.65. The van der Waals surface area contributed by atoms with E-state index < -0.39 is 17.7 Å². The van der Waals surface area contributed by atoms with Crippen molar-refractivity contribution in [1.82, 2.24) is 20.1 Å². The van der Waals surface area contributed by atoms with E-state index in [1.807, 2.05) is 0 Å². The lowest BCUT2D eigenvalue weighted by Gasteiger charge is -2.18. The van der Waals surface area contributed by atoms with Crippen molar-refractivity contribution in [3.63, 3.8) is 0 Å². The summed E-state index contributed by atoms with van der Waals surface area (Å²) in [6, 6.07) is 8.78. The van der Waals surface area contributed by atoms with Crippen LogP contribution < -0.4 is 14.8 Å². The summed E-state index contributed by atoms with van der Waals surface area (Å²) >= 11 is 0. The number of aliphatic hydroxyl groups is 1. The van der Waals surface area contributed by atoms with Gasteiger partial charge in [-0.1, -0.05) is 6.07 Å². The maximum absolute atomic E-state index is 12.3. The summed E-state index contributed by atoms with van der Waals surface area (Å²) in [5, 5.41) is 21.2. The molecule has 2 N–H and O–H groups in total. The molecular formula is C23H24N4O7. The smallest absolute Gasteiger partial charge is 0.361 e. The Morgan fingerprint density at radius 3 is 2.50 bits per heavy atom. The number of hydrogen-bond acceptors (Lipinski definition) is 10. The average Bonchev–Trinajstić information content (AvgIpc) is 3.57. The molecule has 1 aliphatic rings. The number of hydrogen-bond donors (Lipinski definition) is 2. The van der Waals surface area contributed by atoms with Crippen molar-refractivity contribution in [1.29, 1.82) is 0 Å². The van der Waals surface area contributed by atoms with Crippen molar-refractivity contribution in [2.24, 2.45) is 0 Å². The van der Waals surface area contributed by atoms with Crippen LogP contribution in [0.1, 0.15) is 24.4 Å². The molecule has 1 atom stereocenters. The largest absolute Gasteiger partial charge is 0.494 e. The number of aromatic nitrogens is 3. The Balaban J connectivity index is 1.72. The van der Waals surface area contributed by atoms with Gasteiger partial charge in [0, 0.05) is 12.5 Å². The lowest BCUT2D eigenvalue weighted by atomic mass is 10.2. The van der Waals surface area contributed by atoms with Crippen molar-refractivity contribution >= 4 is 18.0 Å². The first-order chi connectivity index (χ1) is 16.4. The monoisotopic (exact) mass is 468 g/mol. The second-order valence-corrected chi connectivity index (χ2v) is 7.57. The highest BCUT2D eigenvalue weighted by Gasteiger charge is 2.41. The number of ether oxygens (including phenoxy) is 3. The molecule has 0 amide bonds. The SMILES string of the molecule is COc1cccc(OC)c1-n1c(/C=C/C(=O)OC(=O)[C@]2(O)CCCN2)nnc1-c1ccc(C)o1. The molecule has 0 unspecified atom stereocenters. The molecule has 11 heteroatoms. The van der Waals surface area contributed by atoms with Gasteiger partial charge in [-0.15, -0.1) is 10.2 Å². The number of aryl methyl sites for hydroxylation is 1. The van der Waals surface area contributed by atoms with Gasteiger partial charge in [-0.25, -0.2) is 9.59 Å². The first-order valence-electron chi connectivity index (χ1n) is 10.5. The van der Waals surface area contributed by atoms with Crippen LogP contribution in [0.25, 0.3) is 23.3 Å². The maximum Gasteiger partial charge on any atom is 0.361 e. The average molecular weight is 468 g/mol. The van der Waals surface area contributed by atoms with E-state index in [4.69, 9.17) is 18.6 Å². The summed E-state index contributed by atoms with van der Waals surface area (Å²) in [4.78, 5) is 24.5. The van der Waals surface area contributed by atoms with Crippen LogP contribution in [0, 0.1) is 6.92 Å². The molecule has 4 rings (SSSR count). The third-order valence-corrected chi connectivity index (χ3v) is 5.31. The van der Waals surface area contributed by atoms with Gasteiger partial charge in [0.25, 0.3) is 0 Å². The Morgan fingerprint density at radius 2 is 1.91 bits per heavy atom. The first-order valence-corrected chi connectivity index (χ1v) is 10.5. The van der Waals surface area contributed by atoms with E-state index in [9.17, 15) is 14.7 Å². The van der Waals surface area contributed by atoms with Gasteiger partial charge in [0.15, 0.2) is 11.6 Å². The number of carbonyl (C=O) groups excluding carboxylic acids is 2. The van der Waals surface area contributed by atoms with Crippen LogP contribution in [0.4, 0.5) is 0 Å². The number of carbonyl (C=O) groups is 2. The normalized spacial score (nSPS) is 17.8. The Hall–Kier alpha value is -3.96. The van der Waals surface area contributed by atoms with E-state index in [2.05, 4.69) is 15.5 Å².